The van der Waals surface area contributed by atoms with Crippen LogP contribution in [0.1, 0.15) is 62.5 Å². The molecule has 114 valence electrons. The molecule has 7 heteroatoms. The minimum Gasteiger partial charge on any atom is -0.341 e. The van der Waals surface area contributed by atoms with Gasteiger partial charge in [0.25, 0.3) is 5.91 Å². The van der Waals surface area contributed by atoms with E-state index >= 15 is 0 Å². The largest absolute Gasteiger partial charge is 0.341 e. The summed E-state index contributed by atoms with van der Waals surface area (Å²) in [6.45, 7) is 8.80. The van der Waals surface area contributed by atoms with Crippen LogP contribution < -0.4 is 5.32 Å². The topological polar surface area (TPSA) is 77.6 Å². The molecule has 1 atom stereocenters. The Morgan fingerprint density at radius 2 is 2.14 bits per heavy atom. The number of nitrogens with one attached hydrogen (secondary N) is 1. The third-order valence-corrected chi connectivity index (χ3v) is 3.19. The van der Waals surface area contributed by atoms with Crippen molar-refractivity contribution >= 4 is 5.91 Å². The van der Waals surface area contributed by atoms with Gasteiger partial charge >= 0.3 is 0 Å². The molecule has 0 aromatic carbocycles. The number of carbonyl (C=O) groups excluding carboxylic acids is 1. The molecular formula is C14H22N6O. The zero-order valence-corrected chi connectivity index (χ0v) is 12.9. The first-order valence-electron chi connectivity index (χ1n) is 7.26. The van der Waals surface area contributed by atoms with Gasteiger partial charge in [-0.05, 0) is 33.3 Å². The number of aryl methyl sites for hydroxylation is 1. The molecule has 7 nitrogen and oxygen atoms in total. The van der Waals surface area contributed by atoms with Crippen molar-refractivity contribution in [3.05, 3.63) is 30.1 Å². The third kappa shape index (κ3) is 3.48. The molecule has 0 saturated carbocycles. The average Bonchev–Trinajstić information content (AvgIpc) is 3.07. The molecule has 0 fully saturated rings. The molecule has 1 N–H and O–H groups in total. The first kappa shape index (κ1) is 15.2. The average molecular weight is 290 g/mol. The summed E-state index contributed by atoms with van der Waals surface area (Å²) in [6.07, 6.45) is 4.29. The summed E-state index contributed by atoms with van der Waals surface area (Å²) in [5.74, 6) is 0.557. The van der Waals surface area contributed by atoms with E-state index in [0.29, 0.717) is 5.69 Å². The van der Waals surface area contributed by atoms with Gasteiger partial charge in [0.1, 0.15) is 17.8 Å². The van der Waals surface area contributed by atoms with Crippen LogP contribution in [0.25, 0.3) is 0 Å². The first-order valence-corrected chi connectivity index (χ1v) is 7.26. The quantitative estimate of drug-likeness (QED) is 0.882. The van der Waals surface area contributed by atoms with Gasteiger partial charge < -0.3 is 5.32 Å². The van der Waals surface area contributed by atoms with Gasteiger partial charge in [-0.25, -0.2) is 9.67 Å². The number of aromatic nitrogens is 5. The third-order valence-electron chi connectivity index (χ3n) is 3.19. The molecule has 0 aliphatic rings. The van der Waals surface area contributed by atoms with Gasteiger partial charge in [-0.3, -0.25) is 9.48 Å². The van der Waals surface area contributed by atoms with Crippen molar-refractivity contribution in [2.75, 3.05) is 0 Å². The Hall–Kier alpha value is -2.18. The van der Waals surface area contributed by atoms with E-state index in [0.717, 1.165) is 18.8 Å². The standard InChI is InChI=1S/C14H22N6O/c1-5-7-20-13(15-9-16-20)11(4)17-14(21)12-6-8-19(18-12)10(2)3/h6,8-11H,5,7H2,1-4H3,(H,17,21)/t11-/m0/s1. The van der Waals surface area contributed by atoms with Gasteiger partial charge in [0, 0.05) is 18.8 Å². The van der Waals surface area contributed by atoms with Crippen molar-refractivity contribution < 1.29 is 4.79 Å². The second-order valence-corrected chi connectivity index (χ2v) is 5.31. The molecule has 0 unspecified atom stereocenters. The second kappa shape index (κ2) is 6.51. The van der Waals surface area contributed by atoms with Crippen LogP contribution in [0.5, 0.6) is 0 Å². The highest BCUT2D eigenvalue weighted by atomic mass is 16.2. The summed E-state index contributed by atoms with van der Waals surface area (Å²) < 4.78 is 3.58. The molecule has 2 heterocycles. The minimum atomic E-state index is -0.212. The van der Waals surface area contributed by atoms with Gasteiger partial charge in [-0.1, -0.05) is 6.92 Å². The van der Waals surface area contributed by atoms with E-state index in [2.05, 4.69) is 27.4 Å². The van der Waals surface area contributed by atoms with Crippen molar-refractivity contribution in [3.8, 4) is 0 Å². The minimum absolute atomic E-state index is 0.201. The summed E-state index contributed by atoms with van der Waals surface area (Å²) in [6, 6.07) is 1.74. The van der Waals surface area contributed by atoms with Gasteiger partial charge in [-0.15, -0.1) is 0 Å². The Morgan fingerprint density at radius 3 is 2.76 bits per heavy atom. The summed E-state index contributed by atoms with van der Waals surface area (Å²) in [4.78, 5) is 16.4. The van der Waals surface area contributed by atoms with Gasteiger partial charge in [0.05, 0.1) is 6.04 Å². The highest BCUT2D eigenvalue weighted by molar-refractivity contribution is 5.92. The Morgan fingerprint density at radius 1 is 1.38 bits per heavy atom. The van der Waals surface area contributed by atoms with Crippen molar-refractivity contribution in [1.29, 1.82) is 0 Å². The molecule has 0 saturated heterocycles. The molecule has 2 rings (SSSR count). The molecule has 0 aliphatic carbocycles. The molecular weight excluding hydrogens is 268 g/mol. The predicted molar refractivity (Wildman–Crippen MR) is 78.8 cm³/mol. The monoisotopic (exact) mass is 290 g/mol. The second-order valence-electron chi connectivity index (χ2n) is 5.31. The van der Waals surface area contributed by atoms with E-state index < -0.39 is 0 Å². The maximum Gasteiger partial charge on any atom is 0.272 e. The zero-order valence-electron chi connectivity index (χ0n) is 12.9. The van der Waals surface area contributed by atoms with Crippen LogP contribution in [0.3, 0.4) is 0 Å². The van der Waals surface area contributed by atoms with E-state index in [4.69, 9.17) is 0 Å². The lowest BCUT2D eigenvalue weighted by atomic mass is 10.3. The van der Waals surface area contributed by atoms with Gasteiger partial charge in [0.2, 0.25) is 0 Å². The van der Waals surface area contributed by atoms with E-state index in [1.165, 1.54) is 6.33 Å². The summed E-state index contributed by atoms with van der Waals surface area (Å²) in [5, 5.41) is 11.3. The first-order chi connectivity index (χ1) is 10.0. The summed E-state index contributed by atoms with van der Waals surface area (Å²) in [7, 11) is 0. The lowest BCUT2D eigenvalue weighted by Crippen LogP contribution is -2.29. The SMILES string of the molecule is CCCn1ncnc1[C@H](C)NC(=O)c1ccn(C(C)C)n1. The number of hydrogen-bond donors (Lipinski definition) is 1. The lowest BCUT2D eigenvalue weighted by molar-refractivity contribution is 0.0931. The Kier molecular flexibility index (Phi) is 4.72. The highest BCUT2D eigenvalue weighted by Gasteiger charge is 2.18. The zero-order chi connectivity index (χ0) is 15.4. The fourth-order valence-electron chi connectivity index (χ4n) is 2.07. The normalized spacial score (nSPS) is 12.6. The molecule has 2 aromatic heterocycles. The maximum absolute atomic E-state index is 12.2. The molecule has 1 amide bonds. The smallest absolute Gasteiger partial charge is 0.272 e. The van der Waals surface area contributed by atoms with E-state index in [9.17, 15) is 4.79 Å². The Bertz CT molecular complexity index is 600. The van der Waals surface area contributed by atoms with E-state index in [1.54, 1.807) is 10.7 Å². The van der Waals surface area contributed by atoms with Crippen LogP contribution in [0.4, 0.5) is 0 Å². The van der Waals surface area contributed by atoms with Crippen LogP contribution >= 0.6 is 0 Å². The predicted octanol–water partition coefficient (Wildman–Crippen LogP) is 1.96. The maximum atomic E-state index is 12.2. The molecule has 0 aliphatic heterocycles. The van der Waals surface area contributed by atoms with E-state index in [1.807, 2.05) is 31.6 Å². The number of hydrogen-bond acceptors (Lipinski definition) is 4. The van der Waals surface area contributed by atoms with Crippen LogP contribution in [0, 0.1) is 0 Å². The fraction of sp³-hybridized carbons (Fsp3) is 0.571. The number of carbonyl (C=O) groups is 1. The van der Waals surface area contributed by atoms with Crippen molar-refractivity contribution in [3.63, 3.8) is 0 Å². The summed E-state index contributed by atoms with van der Waals surface area (Å²) >= 11 is 0. The van der Waals surface area contributed by atoms with Crippen LogP contribution in [-0.2, 0) is 6.54 Å². The van der Waals surface area contributed by atoms with Gasteiger partial charge in [0.15, 0.2) is 0 Å². The molecule has 0 bridgehead atoms. The number of nitrogens with zero attached hydrogens (tertiary/aromatic N) is 5. The Labute approximate surface area is 124 Å². The van der Waals surface area contributed by atoms with Crippen LogP contribution in [0.15, 0.2) is 18.6 Å². The van der Waals surface area contributed by atoms with Gasteiger partial charge in [-0.2, -0.15) is 10.2 Å². The molecule has 0 radical (unpaired) electrons. The molecule has 0 spiro atoms. The van der Waals surface area contributed by atoms with Crippen molar-refractivity contribution in [2.24, 2.45) is 0 Å². The van der Waals surface area contributed by atoms with E-state index in [-0.39, 0.29) is 18.0 Å². The fourth-order valence-corrected chi connectivity index (χ4v) is 2.07. The van der Waals surface area contributed by atoms with Crippen LogP contribution in [-0.4, -0.2) is 30.5 Å². The number of rotatable bonds is 6. The summed E-state index contributed by atoms with van der Waals surface area (Å²) in [5.41, 5.74) is 0.414. The van der Waals surface area contributed by atoms with Crippen LogP contribution in [0.2, 0.25) is 0 Å². The lowest BCUT2D eigenvalue weighted by Gasteiger charge is -2.13. The highest BCUT2D eigenvalue weighted by Crippen LogP contribution is 2.11. The van der Waals surface area contributed by atoms with Crippen molar-refractivity contribution in [2.45, 2.75) is 52.7 Å². The molecule has 2 aromatic rings. The number of amides is 1. The molecule has 21 heavy (non-hydrogen) atoms. The van der Waals surface area contributed by atoms with Crippen molar-refractivity contribution in [1.82, 2.24) is 29.9 Å². The Balaban J connectivity index is 2.05.